The standard InChI is InChI=1S/C13H22O3.C2H6/c1-3-4-5-6-11-10(7-8-12(11)14)9-13(15)16-2;1-2/h10-11H,3-9H2,1-2H3;1-2H3. The molecule has 106 valence electrons. The summed E-state index contributed by atoms with van der Waals surface area (Å²) in [6.07, 6.45) is 6.33. The molecule has 0 amide bonds. The predicted octanol–water partition coefficient (Wildman–Crippen LogP) is 3.75. The summed E-state index contributed by atoms with van der Waals surface area (Å²) in [5.74, 6) is 0.521. The number of carbonyl (C=O) groups is 2. The number of unbranched alkanes of at least 4 members (excludes halogenated alkanes) is 2. The zero-order valence-corrected chi connectivity index (χ0v) is 12.3. The van der Waals surface area contributed by atoms with Gasteiger partial charge in [0.25, 0.3) is 0 Å². The van der Waals surface area contributed by atoms with Crippen LogP contribution in [0.25, 0.3) is 0 Å². The molecule has 0 N–H and O–H groups in total. The molecule has 3 nitrogen and oxygen atoms in total. The number of ether oxygens (including phenoxy) is 1. The van der Waals surface area contributed by atoms with Crippen molar-refractivity contribution in [2.75, 3.05) is 7.11 Å². The van der Waals surface area contributed by atoms with Crippen LogP contribution in [0.2, 0.25) is 0 Å². The summed E-state index contributed by atoms with van der Waals surface area (Å²) in [5.41, 5.74) is 0. The van der Waals surface area contributed by atoms with Gasteiger partial charge in [0.15, 0.2) is 0 Å². The van der Waals surface area contributed by atoms with E-state index >= 15 is 0 Å². The Morgan fingerprint density at radius 1 is 1.33 bits per heavy atom. The lowest BCUT2D eigenvalue weighted by Gasteiger charge is -2.16. The van der Waals surface area contributed by atoms with Gasteiger partial charge in [-0.3, -0.25) is 9.59 Å². The zero-order chi connectivity index (χ0) is 14.0. The van der Waals surface area contributed by atoms with Crippen molar-refractivity contribution in [3.05, 3.63) is 0 Å². The van der Waals surface area contributed by atoms with Crippen LogP contribution in [-0.2, 0) is 14.3 Å². The second-order valence-corrected chi connectivity index (χ2v) is 4.65. The molecule has 1 aliphatic carbocycles. The molecular weight excluding hydrogens is 228 g/mol. The Bertz CT molecular complexity index is 248. The van der Waals surface area contributed by atoms with Crippen LogP contribution in [0.1, 0.15) is 65.7 Å². The van der Waals surface area contributed by atoms with E-state index in [1.165, 1.54) is 20.0 Å². The number of rotatable bonds is 6. The van der Waals surface area contributed by atoms with Crippen LogP contribution in [0.4, 0.5) is 0 Å². The summed E-state index contributed by atoms with van der Waals surface area (Å²) in [7, 11) is 1.41. The molecule has 18 heavy (non-hydrogen) atoms. The first-order valence-electron chi connectivity index (χ1n) is 7.28. The molecule has 1 saturated carbocycles. The Balaban J connectivity index is 0.00000137. The molecule has 0 aromatic heterocycles. The highest BCUT2D eigenvalue weighted by molar-refractivity contribution is 5.84. The Kier molecular flexibility index (Phi) is 9.62. The van der Waals surface area contributed by atoms with Gasteiger partial charge < -0.3 is 4.74 Å². The second kappa shape index (κ2) is 10.1. The van der Waals surface area contributed by atoms with Crippen molar-refractivity contribution >= 4 is 11.8 Å². The molecule has 0 aromatic rings. The summed E-state index contributed by atoms with van der Waals surface area (Å²) in [5, 5.41) is 0. The minimum absolute atomic E-state index is 0.116. The zero-order valence-electron chi connectivity index (χ0n) is 12.3. The lowest BCUT2D eigenvalue weighted by molar-refractivity contribution is -0.142. The van der Waals surface area contributed by atoms with Crippen molar-refractivity contribution in [2.45, 2.75) is 65.7 Å². The highest BCUT2D eigenvalue weighted by Crippen LogP contribution is 2.35. The minimum Gasteiger partial charge on any atom is -0.469 e. The first kappa shape index (κ1) is 17.1. The highest BCUT2D eigenvalue weighted by Gasteiger charge is 2.35. The van der Waals surface area contributed by atoms with Gasteiger partial charge in [-0.15, -0.1) is 0 Å². The number of ketones is 1. The Morgan fingerprint density at radius 2 is 2.00 bits per heavy atom. The van der Waals surface area contributed by atoms with Crippen LogP contribution >= 0.6 is 0 Å². The van der Waals surface area contributed by atoms with E-state index in [-0.39, 0.29) is 17.8 Å². The van der Waals surface area contributed by atoms with Crippen LogP contribution in [0.15, 0.2) is 0 Å². The van der Waals surface area contributed by atoms with E-state index in [2.05, 4.69) is 11.7 Å². The summed E-state index contributed by atoms with van der Waals surface area (Å²) in [6, 6.07) is 0. The van der Waals surface area contributed by atoms with Gasteiger partial charge in [-0.1, -0.05) is 40.0 Å². The van der Waals surface area contributed by atoms with Crippen molar-refractivity contribution in [3.8, 4) is 0 Å². The molecule has 1 rings (SSSR count). The van der Waals surface area contributed by atoms with E-state index in [0.29, 0.717) is 18.6 Å². The van der Waals surface area contributed by atoms with Crippen LogP contribution in [0, 0.1) is 11.8 Å². The van der Waals surface area contributed by atoms with Crippen molar-refractivity contribution in [3.63, 3.8) is 0 Å². The van der Waals surface area contributed by atoms with E-state index in [4.69, 9.17) is 0 Å². The lowest BCUT2D eigenvalue weighted by Crippen LogP contribution is -2.18. The highest BCUT2D eigenvalue weighted by atomic mass is 16.5. The Morgan fingerprint density at radius 3 is 2.56 bits per heavy atom. The maximum Gasteiger partial charge on any atom is 0.305 e. The van der Waals surface area contributed by atoms with Crippen molar-refractivity contribution < 1.29 is 14.3 Å². The molecule has 0 aliphatic heterocycles. The lowest BCUT2D eigenvalue weighted by atomic mass is 9.88. The molecule has 0 spiro atoms. The van der Waals surface area contributed by atoms with Gasteiger partial charge in [0, 0.05) is 18.8 Å². The van der Waals surface area contributed by atoms with Crippen molar-refractivity contribution in [2.24, 2.45) is 11.8 Å². The van der Waals surface area contributed by atoms with Gasteiger partial charge >= 0.3 is 5.97 Å². The quantitative estimate of drug-likeness (QED) is 0.537. The van der Waals surface area contributed by atoms with E-state index < -0.39 is 0 Å². The summed E-state index contributed by atoms with van der Waals surface area (Å²) in [4.78, 5) is 22.9. The third kappa shape index (κ3) is 5.65. The van der Waals surface area contributed by atoms with Crippen LogP contribution in [0.3, 0.4) is 0 Å². The normalized spacial score (nSPS) is 22.3. The van der Waals surface area contributed by atoms with Gasteiger partial charge in [0.2, 0.25) is 0 Å². The Hall–Kier alpha value is -0.860. The van der Waals surface area contributed by atoms with Crippen LogP contribution in [0.5, 0.6) is 0 Å². The average molecular weight is 256 g/mol. The van der Waals surface area contributed by atoms with Crippen LogP contribution < -0.4 is 0 Å². The van der Waals surface area contributed by atoms with Crippen molar-refractivity contribution in [1.82, 2.24) is 0 Å². The second-order valence-electron chi connectivity index (χ2n) is 4.65. The first-order valence-corrected chi connectivity index (χ1v) is 7.28. The summed E-state index contributed by atoms with van der Waals surface area (Å²) < 4.78 is 4.67. The van der Waals surface area contributed by atoms with E-state index in [0.717, 1.165) is 19.3 Å². The number of esters is 1. The fourth-order valence-corrected chi connectivity index (χ4v) is 2.53. The number of hydrogen-bond acceptors (Lipinski definition) is 3. The first-order chi connectivity index (χ1) is 8.69. The van der Waals surface area contributed by atoms with E-state index in [9.17, 15) is 9.59 Å². The largest absolute Gasteiger partial charge is 0.469 e. The minimum atomic E-state index is -0.180. The molecule has 1 aliphatic rings. The van der Waals surface area contributed by atoms with E-state index in [1.54, 1.807) is 0 Å². The number of Topliss-reactive ketones (excluding diaryl/α,β-unsaturated/α-hetero) is 1. The number of hydrogen-bond donors (Lipinski definition) is 0. The molecular formula is C15H28O3. The van der Waals surface area contributed by atoms with Gasteiger partial charge in [-0.05, 0) is 18.8 Å². The topological polar surface area (TPSA) is 43.4 Å². The summed E-state index contributed by atoms with van der Waals surface area (Å²) >= 11 is 0. The fraction of sp³-hybridized carbons (Fsp3) is 0.867. The SMILES string of the molecule is CC.CCCCCC1C(=O)CCC1CC(=O)OC. The monoisotopic (exact) mass is 256 g/mol. The van der Waals surface area contributed by atoms with E-state index in [1.807, 2.05) is 13.8 Å². The molecule has 3 heteroatoms. The maximum atomic E-state index is 11.7. The predicted molar refractivity (Wildman–Crippen MR) is 73.3 cm³/mol. The molecule has 2 unspecified atom stereocenters. The molecule has 2 atom stereocenters. The third-order valence-electron chi connectivity index (χ3n) is 3.52. The Labute approximate surface area is 111 Å². The molecule has 0 heterocycles. The fourth-order valence-electron chi connectivity index (χ4n) is 2.53. The third-order valence-corrected chi connectivity index (χ3v) is 3.52. The summed E-state index contributed by atoms with van der Waals surface area (Å²) in [6.45, 7) is 6.16. The molecule has 1 fully saturated rings. The van der Waals surface area contributed by atoms with Gasteiger partial charge in [-0.25, -0.2) is 0 Å². The smallest absolute Gasteiger partial charge is 0.305 e. The molecule has 0 aromatic carbocycles. The van der Waals surface area contributed by atoms with Crippen molar-refractivity contribution in [1.29, 1.82) is 0 Å². The van der Waals surface area contributed by atoms with Gasteiger partial charge in [0.05, 0.1) is 7.11 Å². The molecule has 0 radical (unpaired) electrons. The van der Waals surface area contributed by atoms with Crippen LogP contribution in [-0.4, -0.2) is 18.9 Å². The number of carbonyl (C=O) groups excluding carboxylic acids is 2. The maximum absolute atomic E-state index is 11.7. The molecule has 0 saturated heterocycles. The average Bonchev–Trinajstić information content (AvgIpc) is 2.74. The van der Waals surface area contributed by atoms with Gasteiger partial charge in [-0.2, -0.15) is 0 Å². The van der Waals surface area contributed by atoms with Gasteiger partial charge in [0.1, 0.15) is 5.78 Å². The molecule has 0 bridgehead atoms. The number of methoxy groups -OCH3 is 1.